The molecular formula is C11H12N4O. The second-order valence-corrected chi connectivity index (χ2v) is 3.49. The standard InChI is InChI=1S/C11H12N4O/c1-8-4-2-3-5-9(8)6-10(16)14-11-12-7-13-15-11/h2-5,7H,6H2,1H3,(H2,12,13,14,15,16). The number of anilines is 1. The molecule has 0 fully saturated rings. The maximum atomic E-state index is 11.6. The highest BCUT2D eigenvalue weighted by Crippen LogP contribution is 2.08. The fourth-order valence-electron chi connectivity index (χ4n) is 1.42. The first kappa shape index (κ1) is 10.4. The van der Waals surface area contributed by atoms with Crippen LogP contribution in [-0.4, -0.2) is 21.1 Å². The number of nitrogens with zero attached hydrogens (tertiary/aromatic N) is 2. The summed E-state index contributed by atoms with van der Waals surface area (Å²) in [4.78, 5) is 15.5. The van der Waals surface area contributed by atoms with Gasteiger partial charge in [0.15, 0.2) is 0 Å². The Hall–Kier alpha value is -2.17. The Morgan fingerprint density at radius 2 is 2.25 bits per heavy atom. The number of H-pyrrole nitrogens is 1. The summed E-state index contributed by atoms with van der Waals surface area (Å²) >= 11 is 0. The number of nitrogens with one attached hydrogen (secondary N) is 2. The molecule has 1 amide bonds. The third-order valence-corrected chi connectivity index (χ3v) is 2.29. The summed E-state index contributed by atoms with van der Waals surface area (Å²) in [6.45, 7) is 1.98. The SMILES string of the molecule is Cc1ccccc1CC(=O)Nc1ncn[nH]1. The van der Waals surface area contributed by atoms with E-state index in [-0.39, 0.29) is 5.91 Å². The lowest BCUT2D eigenvalue weighted by Crippen LogP contribution is -2.15. The molecule has 0 radical (unpaired) electrons. The van der Waals surface area contributed by atoms with E-state index in [0.717, 1.165) is 11.1 Å². The van der Waals surface area contributed by atoms with Crippen molar-refractivity contribution in [3.63, 3.8) is 0 Å². The predicted octanol–water partition coefficient (Wildman–Crippen LogP) is 1.29. The lowest BCUT2D eigenvalue weighted by molar-refractivity contribution is -0.115. The van der Waals surface area contributed by atoms with Crippen molar-refractivity contribution in [2.45, 2.75) is 13.3 Å². The molecular weight excluding hydrogens is 204 g/mol. The zero-order valence-corrected chi connectivity index (χ0v) is 8.90. The number of aromatic nitrogens is 3. The van der Waals surface area contributed by atoms with E-state index in [1.165, 1.54) is 6.33 Å². The van der Waals surface area contributed by atoms with Crippen molar-refractivity contribution in [2.24, 2.45) is 0 Å². The summed E-state index contributed by atoms with van der Waals surface area (Å²) in [5.74, 6) is 0.268. The van der Waals surface area contributed by atoms with Gasteiger partial charge in [-0.05, 0) is 18.1 Å². The van der Waals surface area contributed by atoms with E-state index >= 15 is 0 Å². The molecule has 2 aromatic rings. The molecule has 0 saturated heterocycles. The summed E-state index contributed by atoms with van der Waals surface area (Å²) in [5.41, 5.74) is 2.12. The van der Waals surface area contributed by atoms with Gasteiger partial charge in [-0.15, -0.1) is 0 Å². The van der Waals surface area contributed by atoms with Gasteiger partial charge in [-0.3, -0.25) is 10.1 Å². The summed E-state index contributed by atoms with van der Waals surface area (Å²) in [5, 5.41) is 8.85. The third-order valence-electron chi connectivity index (χ3n) is 2.29. The Labute approximate surface area is 92.9 Å². The van der Waals surface area contributed by atoms with Crippen LogP contribution in [-0.2, 0) is 11.2 Å². The van der Waals surface area contributed by atoms with Crippen LogP contribution in [0.4, 0.5) is 5.95 Å². The van der Waals surface area contributed by atoms with Crippen molar-refractivity contribution in [3.05, 3.63) is 41.7 Å². The van der Waals surface area contributed by atoms with E-state index in [4.69, 9.17) is 0 Å². The van der Waals surface area contributed by atoms with Gasteiger partial charge in [-0.1, -0.05) is 24.3 Å². The van der Waals surface area contributed by atoms with Crippen LogP contribution in [0.15, 0.2) is 30.6 Å². The molecule has 5 nitrogen and oxygen atoms in total. The molecule has 0 bridgehead atoms. The Morgan fingerprint density at radius 3 is 2.94 bits per heavy atom. The molecule has 1 aromatic carbocycles. The average molecular weight is 216 g/mol. The Morgan fingerprint density at radius 1 is 1.44 bits per heavy atom. The zero-order valence-electron chi connectivity index (χ0n) is 8.90. The number of aryl methyl sites for hydroxylation is 1. The minimum Gasteiger partial charge on any atom is -0.295 e. The van der Waals surface area contributed by atoms with Crippen LogP contribution in [0, 0.1) is 6.92 Å². The summed E-state index contributed by atoms with van der Waals surface area (Å²) in [6, 6.07) is 7.80. The second-order valence-electron chi connectivity index (χ2n) is 3.49. The topological polar surface area (TPSA) is 70.7 Å². The van der Waals surface area contributed by atoms with Gasteiger partial charge in [0.1, 0.15) is 6.33 Å². The first-order valence-corrected chi connectivity index (χ1v) is 4.95. The summed E-state index contributed by atoms with van der Waals surface area (Å²) < 4.78 is 0. The quantitative estimate of drug-likeness (QED) is 0.812. The van der Waals surface area contributed by atoms with Crippen molar-refractivity contribution in [3.8, 4) is 0 Å². The maximum absolute atomic E-state index is 11.6. The molecule has 1 aromatic heterocycles. The molecule has 16 heavy (non-hydrogen) atoms. The lowest BCUT2D eigenvalue weighted by atomic mass is 10.1. The zero-order chi connectivity index (χ0) is 11.4. The smallest absolute Gasteiger partial charge is 0.231 e. The first-order chi connectivity index (χ1) is 7.75. The average Bonchev–Trinajstić information content (AvgIpc) is 2.74. The van der Waals surface area contributed by atoms with Crippen LogP contribution in [0.5, 0.6) is 0 Å². The summed E-state index contributed by atoms with van der Waals surface area (Å²) in [7, 11) is 0. The van der Waals surface area contributed by atoms with Crippen LogP contribution in [0.1, 0.15) is 11.1 Å². The van der Waals surface area contributed by atoms with E-state index in [2.05, 4.69) is 20.5 Å². The van der Waals surface area contributed by atoms with E-state index in [9.17, 15) is 4.79 Å². The Balaban J connectivity index is 2.00. The number of benzene rings is 1. The fraction of sp³-hybridized carbons (Fsp3) is 0.182. The van der Waals surface area contributed by atoms with Crippen LogP contribution < -0.4 is 5.32 Å². The van der Waals surface area contributed by atoms with Crippen molar-refractivity contribution in [1.29, 1.82) is 0 Å². The molecule has 2 N–H and O–H groups in total. The largest absolute Gasteiger partial charge is 0.295 e. The van der Waals surface area contributed by atoms with Gasteiger partial charge in [-0.25, -0.2) is 5.10 Å². The number of aromatic amines is 1. The minimum atomic E-state index is -0.106. The third kappa shape index (κ3) is 2.44. The van der Waals surface area contributed by atoms with Crippen molar-refractivity contribution in [2.75, 3.05) is 5.32 Å². The molecule has 0 aliphatic heterocycles. The number of hydrogen-bond donors (Lipinski definition) is 2. The normalized spacial score (nSPS) is 10.1. The molecule has 82 valence electrons. The number of carbonyl (C=O) groups excluding carboxylic acids is 1. The van der Waals surface area contributed by atoms with Gasteiger partial charge in [0.05, 0.1) is 6.42 Å². The molecule has 0 saturated carbocycles. The van der Waals surface area contributed by atoms with E-state index in [0.29, 0.717) is 12.4 Å². The number of carbonyl (C=O) groups is 1. The van der Waals surface area contributed by atoms with E-state index < -0.39 is 0 Å². The highest BCUT2D eigenvalue weighted by molar-refractivity contribution is 5.90. The first-order valence-electron chi connectivity index (χ1n) is 4.95. The van der Waals surface area contributed by atoms with E-state index in [1.807, 2.05) is 31.2 Å². The molecule has 1 heterocycles. The molecule has 0 aliphatic rings. The minimum absolute atomic E-state index is 0.106. The molecule has 0 unspecified atom stereocenters. The number of amides is 1. The van der Waals surface area contributed by atoms with Crippen molar-refractivity contribution in [1.82, 2.24) is 15.2 Å². The van der Waals surface area contributed by atoms with Crippen molar-refractivity contribution >= 4 is 11.9 Å². The Bertz CT molecular complexity index is 478. The van der Waals surface area contributed by atoms with Crippen molar-refractivity contribution < 1.29 is 4.79 Å². The Kier molecular flexibility index (Phi) is 2.95. The van der Waals surface area contributed by atoms with Crippen LogP contribution >= 0.6 is 0 Å². The molecule has 0 aliphatic carbocycles. The molecule has 0 spiro atoms. The van der Waals surface area contributed by atoms with E-state index in [1.54, 1.807) is 0 Å². The van der Waals surface area contributed by atoms with Gasteiger partial charge >= 0.3 is 0 Å². The van der Waals surface area contributed by atoms with Gasteiger partial charge in [0.25, 0.3) is 0 Å². The number of hydrogen-bond acceptors (Lipinski definition) is 3. The van der Waals surface area contributed by atoms with Crippen LogP contribution in [0.3, 0.4) is 0 Å². The van der Waals surface area contributed by atoms with Crippen LogP contribution in [0.25, 0.3) is 0 Å². The van der Waals surface area contributed by atoms with Gasteiger partial charge in [-0.2, -0.15) is 10.1 Å². The maximum Gasteiger partial charge on any atom is 0.231 e. The van der Waals surface area contributed by atoms with Gasteiger partial charge in [0.2, 0.25) is 11.9 Å². The lowest BCUT2D eigenvalue weighted by Gasteiger charge is -2.04. The molecule has 2 rings (SSSR count). The summed E-state index contributed by atoms with van der Waals surface area (Å²) in [6.07, 6.45) is 1.69. The second kappa shape index (κ2) is 4.57. The van der Waals surface area contributed by atoms with Crippen LogP contribution in [0.2, 0.25) is 0 Å². The highest BCUT2D eigenvalue weighted by atomic mass is 16.1. The molecule has 5 heteroatoms. The van der Waals surface area contributed by atoms with Gasteiger partial charge in [0, 0.05) is 0 Å². The van der Waals surface area contributed by atoms with Gasteiger partial charge < -0.3 is 0 Å². The predicted molar refractivity (Wildman–Crippen MR) is 59.9 cm³/mol. The fourth-order valence-corrected chi connectivity index (χ4v) is 1.42. The monoisotopic (exact) mass is 216 g/mol. The molecule has 0 atom stereocenters. The highest BCUT2D eigenvalue weighted by Gasteiger charge is 2.06. The number of rotatable bonds is 3.